The van der Waals surface area contributed by atoms with Crippen LogP contribution in [0.25, 0.3) is 0 Å². The summed E-state index contributed by atoms with van der Waals surface area (Å²) in [5.74, 6) is -1.54. The van der Waals surface area contributed by atoms with E-state index in [4.69, 9.17) is 21.8 Å². The van der Waals surface area contributed by atoms with Gasteiger partial charge < -0.3 is 15.5 Å². The minimum Gasteiger partial charge on any atom is -0.480 e. The molecule has 0 heterocycles. The molecule has 1 aromatic rings. The van der Waals surface area contributed by atoms with Gasteiger partial charge in [0.25, 0.3) is 0 Å². The van der Waals surface area contributed by atoms with Gasteiger partial charge in [0.1, 0.15) is 6.04 Å². The summed E-state index contributed by atoms with van der Waals surface area (Å²) in [6.07, 6.45) is -0.0145. The van der Waals surface area contributed by atoms with Gasteiger partial charge in [-0.25, -0.2) is 4.79 Å². The number of carbonyl (C=O) groups excluding carboxylic acids is 1. The number of aliphatic hydroxyl groups is 1. The average molecular weight is 318 g/mol. The second-order valence-corrected chi connectivity index (χ2v) is 5.98. The molecule has 0 bridgehead atoms. The smallest absolute Gasteiger partial charge is 0.326 e. The average Bonchev–Trinajstić information content (AvgIpc) is 2.40. The number of aliphatic carboxylic acids is 1. The van der Waals surface area contributed by atoms with Crippen molar-refractivity contribution in [3.05, 3.63) is 29.3 Å². The maximum absolute atomic E-state index is 11.9. The van der Waals surface area contributed by atoms with Crippen LogP contribution in [0.3, 0.4) is 0 Å². The van der Waals surface area contributed by atoms with Crippen LogP contribution in [-0.2, 0) is 9.59 Å². The number of halogens is 1. The second kappa shape index (κ2) is 8.14. The number of thioether (sulfide) groups is 1. The van der Waals surface area contributed by atoms with Gasteiger partial charge in [-0.3, -0.25) is 4.79 Å². The zero-order valence-electron chi connectivity index (χ0n) is 10.9. The SMILES string of the molecule is CC(Sc1ccc(Cl)cc1)C(=O)N[C@H](CCO)C(=O)O. The monoisotopic (exact) mass is 317 g/mol. The van der Waals surface area contributed by atoms with Crippen LogP contribution in [0.4, 0.5) is 0 Å². The number of nitrogens with one attached hydrogen (secondary N) is 1. The van der Waals surface area contributed by atoms with Crippen molar-refractivity contribution in [3.8, 4) is 0 Å². The number of hydrogen-bond donors (Lipinski definition) is 3. The summed E-state index contributed by atoms with van der Waals surface area (Å²) in [5, 5.41) is 20.2. The molecule has 0 aliphatic rings. The number of carbonyl (C=O) groups is 2. The molecular weight excluding hydrogens is 302 g/mol. The Balaban J connectivity index is 2.57. The van der Waals surface area contributed by atoms with E-state index in [-0.39, 0.29) is 18.9 Å². The number of aliphatic hydroxyl groups excluding tert-OH is 1. The largest absolute Gasteiger partial charge is 0.480 e. The number of benzene rings is 1. The molecule has 1 unspecified atom stereocenters. The molecule has 1 rings (SSSR count). The number of amides is 1. The van der Waals surface area contributed by atoms with Crippen molar-refractivity contribution < 1.29 is 19.8 Å². The van der Waals surface area contributed by atoms with Crippen molar-refractivity contribution in [2.75, 3.05) is 6.61 Å². The van der Waals surface area contributed by atoms with Crippen LogP contribution in [0, 0.1) is 0 Å². The highest BCUT2D eigenvalue weighted by molar-refractivity contribution is 8.00. The van der Waals surface area contributed by atoms with Crippen LogP contribution in [0.15, 0.2) is 29.2 Å². The lowest BCUT2D eigenvalue weighted by Gasteiger charge is -2.16. The Labute approximate surface area is 126 Å². The Bertz CT molecular complexity index is 466. The summed E-state index contributed by atoms with van der Waals surface area (Å²) in [4.78, 5) is 23.7. The predicted octanol–water partition coefficient (Wildman–Crippen LogP) is 1.77. The summed E-state index contributed by atoms with van der Waals surface area (Å²) in [6.45, 7) is 1.39. The van der Waals surface area contributed by atoms with Crippen molar-refractivity contribution in [2.45, 2.75) is 29.5 Å². The standard InChI is InChI=1S/C13H16ClNO4S/c1-8(20-10-4-2-9(14)3-5-10)12(17)15-11(6-7-16)13(18)19/h2-5,8,11,16H,6-7H2,1H3,(H,15,17)(H,18,19)/t8?,11-/m1/s1. The van der Waals surface area contributed by atoms with E-state index in [0.717, 1.165) is 4.90 Å². The van der Waals surface area contributed by atoms with E-state index in [2.05, 4.69) is 5.32 Å². The maximum Gasteiger partial charge on any atom is 0.326 e. The van der Waals surface area contributed by atoms with E-state index < -0.39 is 17.3 Å². The first-order chi connectivity index (χ1) is 9.43. The minimum absolute atomic E-state index is 0.0145. The summed E-state index contributed by atoms with van der Waals surface area (Å²) in [7, 11) is 0. The fraction of sp³-hybridized carbons (Fsp3) is 0.385. The molecule has 0 saturated carbocycles. The van der Waals surface area contributed by atoms with Gasteiger partial charge in [0, 0.05) is 22.9 Å². The molecule has 0 radical (unpaired) electrons. The van der Waals surface area contributed by atoms with E-state index in [1.807, 2.05) is 0 Å². The van der Waals surface area contributed by atoms with Crippen molar-refractivity contribution in [2.24, 2.45) is 0 Å². The predicted molar refractivity (Wildman–Crippen MR) is 78.0 cm³/mol. The zero-order chi connectivity index (χ0) is 15.1. The quantitative estimate of drug-likeness (QED) is 0.667. The summed E-state index contributed by atoms with van der Waals surface area (Å²) < 4.78 is 0. The van der Waals surface area contributed by atoms with Crippen molar-refractivity contribution in [3.63, 3.8) is 0 Å². The topological polar surface area (TPSA) is 86.6 Å². The number of carboxylic acids is 1. The fourth-order valence-electron chi connectivity index (χ4n) is 1.45. The molecule has 3 N–H and O–H groups in total. The molecule has 20 heavy (non-hydrogen) atoms. The van der Waals surface area contributed by atoms with E-state index in [1.165, 1.54) is 11.8 Å². The van der Waals surface area contributed by atoms with Crippen molar-refractivity contribution in [1.82, 2.24) is 5.32 Å². The molecule has 2 atom stereocenters. The molecule has 1 amide bonds. The molecule has 0 saturated heterocycles. The Morgan fingerprint density at radius 1 is 1.35 bits per heavy atom. The molecular formula is C13H16ClNO4S. The number of carboxylic acid groups (broad SMARTS) is 1. The van der Waals surface area contributed by atoms with Gasteiger partial charge in [-0.15, -0.1) is 11.8 Å². The van der Waals surface area contributed by atoms with Gasteiger partial charge >= 0.3 is 5.97 Å². The van der Waals surface area contributed by atoms with E-state index in [9.17, 15) is 9.59 Å². The van der Waals surface area contributed by atoms with Crippen LogP contribution >= 0.6 is 23.4 Å². The molecule has 0 fully saturated rings. The van der Waals surface area contributed by atoms with Gasteiger partial charge in [0.2, 0.25) is 5.91 Å². The minimum atomic E-state index is -1.16. The highest BCUT2D eigenvalue weighted by atomic mass is 35.5. The lowest BCUT2D eigenvalue weighted by atomic mass is 10.2. The Morgan fingerprint density at radius 2 is 1.95 bits per heavy atom. The molecule has 7 heteroatoms. The zero-order valence-corrected chi connectivity index (χ0v) is 12.4. The van der Waals surface area contributed by atoms with Crippen molar-refractivity contribution in [1.29, 1.82) is 0 Å². The molecule has 0 aromatic heterocycles. The Morgan fingerprint density at radius 3 is 2.45 bits per heavy atom. The molecule has 0 aliphatic heterocycles. The Kier molecular flexibility index (Phi) is 6.84. The van der Waals surface area contributed by atoms with Gasteiger partial charge in [-0.2, -0.15) is 0 Å². The van der Waals surface area contributed by atoms with Gasteiger partial charge in [-0.1, -0.05) is 11.6 Å². The third-order valence-corrected chi connectivity index (χ3v) is 3.89. The first-order valence-electron chi connectivity index (χ1n) is 6.00. The second-order valence-electron chi connectivity index (χ2n) is 4.13. The molecule has 1 aromatic carbocycles. The van der Waals surface area contributed by atoms with Crippen LogP contribution < -0.4 is 5.32 Å². The van der Waals surface area contributed by atoms with Gasteiger partial charge in [0.05, 0.1) is 5.25 Å². The lowest BCUT2D eigenvalue weighted by Crippen LogP contribution is -2.44. The molecule has 5 nitrogen and oxygen atoms in total. The first kappa shape index (κ1) is 16.8. The summed E-state index contributed by atoms with van der Waals surface area (Å²) in [5.41, 5.74) is 0. The van der Waals surface area contributed by atoms with Crippen LogP contribution in [0.5, 0.6) is 0 Å². The molecule has 110 valence electrons. The number of hydrogen-bond acceptors (Lipinski definition) is 4. The lowest BCUT2D eigenvalue weighted by molar-refractivity contribution is -0.142. The third kappa shape index (κ3) is 5.40. The highest BCUT2D eigenvalue weighted by Gasteiger charge is 2.22. The third-order valence-electron chi connectivity index (χ3n) is 2.53. The maximum atomic E-state index is 11.9. The number of rotatable bonds is 7. The summed E-state index contributed by atoms with van der Waals surface area (Å²) >= 11 is 7.08. The van der Waals surface area contributed by atoms with Crippen LogP contribution in [-0.4, -0.2) is 40.0 Å². The van der Waals surface area contributed by atoms with Gasteiger partial charge in [0.15, 0.2) is 0 Å². The van der Waals surface area contributed by atoms with E-state index >= 15 is 0 Å². The first-order valence-corrected chi connectivity index (χ1v) is 7.26. The summed E-state index contributed by atoms with van der Waals surface area (Å²) in [6, 6.07) is 5.96. The van der Waals surface area contributed by atoms with Crippen molar-refractivity contribution >= 4 is 35.2 Å². The van der Waals surface area contributed by atoms with Crippen LogP contribution in [0.2, 0.25) is 5.02 Å². The molecule has 0 spiro atoms. The normalized spacial score (nSPS) is 13.6. The van der Waals surface area contributed by atoms with E-state index in [1.54, 1.807) is 31.2 Å². The Hall–Kier alpha value is -1.24. The fourth-order valence-corrected chi connectivity index (χ4v) is 2.45. The van der Waals surface area contributed by atoms with E-state index in [0.29, 0.717) is 5.02 Å². The van der Waals surface area contributed by atoms with Crippen LogP contribution in [0.1, 0.15) is 13.3 Å². The van der Waals surface area contributed by atoms with Gasteiger partial charge in [-0.05, 0) is 31.2 Å². The molecule has 0 aliphatic carbocycles. The highest BCUT2D eigenvalue weighted by Crippen LogP contribution is 2.24.